The van der Waals surface area contributed by atoms with E-state index in [-0.39, 0.29) is 0 Å². The molecular formula is C11H13N3OS. The van der Waals surface area contributed by atoms with Crippen LogP contribution in [0.5, 0.6) is 10.9 Å². The second-order valence-corrected chi connectivity index (χ2v) is 4.12. The zero-order valence-corrected chi connectivity index (χ0v) is 9.83. The Labute approximate surface area is 98.3 Å². The topological polar surface area (TPSA) is 61.0 Å². The number of nitrogens with two attached hydrogens (primary N) is 1. The molecule has 1 heterocycles. The Kier molecular flexibility index (Phi) is 3.36. The molecule has 0 aliphatic rings. The van der Waals surface area contributed by atoms with Gasteiger partial charge in [0.05, 0.1) is 0 Å². The van der Waals surface area contributed by atoms with Crippen LogP contribution in [0.2, 0.25) is 0 Å². The smallest absolute Gasteiger partial charge is 0.298 e. The largest absolute Gasteiger partial charge is 0.430 e. The first-order valence-electron chi connectivity index (χ1n) is 5.14. The molecule has 4 nitrogen and oxygen atoms in total. The van der Waals surface area contributed by atoms with Crippen molar-refractivity contribution in [1.29, 1.82) is 0 Å². The number of benzene rings is 1. The lowest BCUT2D eigenvalue weighted by atomic mass is 10.3. The van der Waals surface area contributed by atoms with Crippen LogP contribution >= 0.6 is 11.5 Å². The van der Waals surface area contributed by atoms with E-state index in [2.05, 4.69) is 16.3 Å². The molecule has 0 bridgehead atoms. The fraction of sp³-hybridized carbons (Fsp3) is 0.273. The van der Waals surface area contributed by atoms with Gasteiger partial charge in [-0.3, -0.25) is 0 Å². The molecule has 2 rings (SSSR count). The van der Waals surface area contributed by atoms with Crippen LogP contribution in [0.3, 0.4) is 0 Å². The minimum absolute atomic E-state index is 0.564. The second-order valence-electron chi connectivity index (χ2n) is 3.40. The van der Waals surface area contributed by atoms with Crippen LogP contribution < -0.4 is 10.5 Å². The van der Waals surface area contributed by atoms with Crippen molar-refractivity contribution in [2.45, 2.75) is 19.8 Å². The van der Waals surface area contributed by atoms with E-state index in [1.54, 1.807) is 6.07 Å². The summed E-state index contributed by atoms with van der Waals surface area (Å²) in [6, 6.07) is 7.27. The molecule has 0 spiro atoms. The number of anilines is 1. The average Bonchev–Trinajstić information content (AvgIpc) is 2.66. The Bertz CT molecular complexity index is 470. The van der Waals surface area contributed by atoms with E-state index in [0.29, 0.717) is 16.6 Å². The number of nitrogens with zero attached hydrogens (tertiary/aromatic N) is 2. The molecule has 0 aliphatic heterocycles. The van der Waals surface area contributed by atoms with E-state index < -0.39 is 0 Å². The van der Waals surface area contributed by atoms with Crippen LogP contribution in [0, 0.1) is 0 Å². The maximum atomic E-state index is 5.65. The first kappa shape index (κ1) is 10.9. The Hall–Kier alpha value is -1.62. The van der Waals surface area contributed by atoms with Crippen molar-refractivity contribution in [2.75, 3.05) is 5.73 Å². The number of aryl methyl sites for hydroxylation is 1. The standard InChI is InChI=1S/C11H13N3OS/c1-2-4-10-13-11(16-14-10)15-9-6-3-5-8(12)7-9/h3,5-7H,2,4,12H2,1H3. The van der Waals surface area contributed by atoms with E-state index >= 15 is 0 Å². The Morgan fingerprint density at radius 2 is 2.31 bits per heavy atom. The minimum Gasteiger partial charge on any atom is -0.430 e. The molecule has 1 aromatic heterocycles. The van der Waals surface area contributed by atoms with Crippen molar-refractivity contribution >= 4 is 17.2 Å². The van der Waals surface area contributed by atoms with Crippen molar-refractivity contribution in [3.05, 3.63) is 30.1 Å². The zero-order chi connectivity index (χ0) is 11.4. The number of ether oxygens (including phenoxy) is 1. The van der Waals surface area contributed by atoms with Crippen LogP contribution in [-0.2, 0) is 6.42 Å². The summed E-state index contributed by atoms with van der Waals surface area (Å²) in [5.41, 5.74) is 6.33. The summed E-state index contributed by atoms with van der Waals surface area (Å²) < 4.78 is 9.75. The van der Waals surface area contributed by atoms with Crippen molar-refractivity contribution in [1.82, 2.24) is 9.36 Å². The molecule has 84 valence electrons. The predicted octanol–water partition coefficient (Wildman–Crippen LogP) is 2.87. The van der Waals surface area contributed by atoms with E-state index in [1.807, 2.05) is 18.2 Å². The molecule has 5 heteroatoms. The van der Waals surface area contributed by atoms with Gasteiger partial charge in [-0.05, 0) is 18.6 Å². The predicted molar refractivity (Wildman–Crippen MR) is 64.8 cm³/mol. The third kappa shape index (κ3) is 2.70. The van der Waals surface area contributed by atoms with E-state index in [9.17, 15) is 0 Å². The third-order valence-corrected chi connectivity index (χ3v) is 2.62. The van der Waals surface area contributed by atoms with Gasteiger partial charge in [0, 0.05) is 29.7 Å². The molecule has 1 aromatic carbocycles. The SMILES string of the molecule is CCCc1nsc(Oc2cccc(N)c2)n1. The number of rotatable bonds is 4. The summed E-state index contributed by atoms with van der Waals surface area (Å²) in [5.74, 6) is 1.53. The van der Waals surface area contributed by atoms with E-state index in [1.165, 1.54) is 11.5 Å². The molecular weight excluding hydrogens is 222 g/mol. The number of hydrogen-bond acceptors (Lipinski definition) is 5. The monoisotopic (exact) mass is 235 g/mol. The van der Waals surface area contributed by atoms with Gasteiger partial charge in [-0.2, -0.15) is 9.36 Å². The van der Waals surface area contributed by atoms with Gasteiger partial charge in [-0.15, -0.1) is 0 Å². The van der Waals surface area contributed by atoms with Gasteiger partial charge in [-0.1, -0.05) is 13.0 Å². The molecule has 0 radical (unpaired) electrons. The maximum Gasteiger partial charge on any atom is 0.298 e. The first-order chi connectivity index (χ1) is 7.78. The van der Waals surface area contributed by atoms with Crippen LogP contribution in [0.4, 0.5) is 5.69 Å². The molecule has 0 amide bonds. The van der Waals surface area contributed by atoms with E-state index in [4.69, 9.17) is 10.5 Å². The lowest BCUT2D eigenvalue weighted by Crippen LogP contribution is -1.88. The summed E-state index contributed by atoms with van der Waals surface area (Å²) >= 11 is 1.27. The highest BCUT2D eigenvalue weighted by Gasteiger charge is 2.05. The summed E-state index contributed by atoms with van der Waals surface area (Å²) in [7, 11) is 0. The fourth-order valence-corrected chi connectivity index (χ4v) is 1.88. The molecule has 0 saturated heterocycles. The van der Waals surface area contributed by atoms with Crippen LogP contribution in [0.1, 0.15) is 19.2 Å². The Balaban J connectivity index is 2.08. The number of hydrogen-bond donors (Lipinski definition) is 1. The lowest BCUT2D eigenvalue weighted by molar-refractivity contribution is 0.477. The molecule has 0 unspecified atom stereocenters. The molecule has 16 heavy (non-hydrogen) atoms. The summed E-state index contributed by atoms with van der Waals surface area (Å²) in [6.45, 7) is 2.10. The van der Waals surface area contributed by atoms with Gasteiger partial charge in [0.15, 0.2) is 0 Å². The van der Waals surface area contributed by atoms with Crippen LogP contribution in [0.25, 0.3) is 0 Å². The Morgan fingerprint density at radius 3 is 3.06 bits per heavy atom. The van der Waals surface area contributed by atoms with Crippen molar-refractivity contribution in [3.63, 3.8) is 0 Å². The molecule has 0 fully saturated rings. The van der Waals surface area contributed by atoms with Gasteiger partial charge in [0.25, 0.3) is 5.19 Å². The molecule has 2 aromatic rings. The third-order valence-electron chi connectivity index (χ3n) is 1.99. The molecule has 0 aliphatic carbocycles. The summed E-state index contributed by atoms with van der Waals surface area (Å²) in [5, 5.41) is 0.564. The quantitative estimate of drug-likeness (QED) is 0.828. The molecule has 0 saturated carbocycles. The minimum atomic E-state index is 0.564. The fourth-order valence-electron chi connectivity index (χ4n) is 1.28. The summed E-state index contributed by atoms with van der Waals surface area (Å²) in [6.07, 6.45) is 1.92. The Morgan fingerprint density at radius 1 is 1.44 bits per heavy atom. The zero-order valence-electron chi connectivity index (χ0n) is 9.01. The van der Waals surface area contributed by atoms with Gasteiger partial charge < -0.3 is 10.5 Å². The van der Waals surface area contributed by atoms with Crippen molar-refractivity contribution < 1.29 is 4.74 Å². The highest BCUT2D eigenvalue weighted by Crippen LogP contribution is 2.24. The van der Waals surface area contributed by atoms with E-state index in [0.717, 1.165) is 18.7 Å². The van der Waals surface area contributed by atoms with Gasteiger partial charge >= 0.3 is 0 Å². The highest BCUT2D eigenvalue weighted by molar-refractivity contribution is 7.07. The van der Waals surface area contributed by atoms with Gasteiger partial charge in [-0.25, -0.2) is 0 Å². The average molecular weight is 235 g/mol. The summed E-state index contributed by atoms with van der Waals surface area (Å²) in [4.78, 5) is 4.27. The van der Waals surface area contributed by atoms with Crippen LogP contribution in [-0.4, -0.2) is 9.36 Å². The lowest BCUT2D eigenvalue weighted by Gasteiger charge is -2.00. The van der Waals surface area contributed by atoms with Gasteiger partial charge in [0.1, 0.15) is 11.6 Å². The molecule has 2 N–H and O–H groups in total. The number of aromatic nitrogens is 2. The number of nitrogen functional groups attached to an aromatic ring is 1. The normalized spacial score (nSPS) is 10.3. The highest BCUT2D eigenvalue weighted by atomic mass is 32.1. The molecule has 0 atom stereocenters. The first-order valence-corrected chi connectivity index (χ1v) is 5.91. The maximum absolute atomic E-state index is 5.65. The van der Waals surface area contributed by atoms with Crippen molar-refractivity contribution in [2.24, 2.45) is 0 Å². The van der Waals surface area contributed by atoms with Gasteiger partial charge in [0.2, 0.25) is 0 Å². The van der Waals surface area contributed by atoms with Crippen molar-refractivity contribution in [3.8, 4) is 10.9 Å². The van der Waals surface area contributed by atoms with Crippen LogP contribution in [0.15, 0.2) is 24.3 Å². The second kappa shape index (κ2) is 4.94.